The van der Waals surface area contributed by atoms with Crippen molar-refractivity contribution in [2.24, 2.45) is 5.73 Å². The zero-order chi connectivity index (χ0) is 34.4. The highest BCUT2D eigenvalue weighted by Crippen LogP contribution is 2.35. The summed E-state index contributed by atoms with van der Waals surface area (Å²) in [5.41, 5.74) is 16.4. The molecule has 8 aromatic rings. The van der Waals surface area contributed by atoms with Gasteiger partial charge in [0.05, 0.1) is 11.0 Å². The van der Waals surface area contributed by atoms with Gasteiger partial charge in [0.25, 0.3) is 0 Å². The van der Waals surface area contributed by atoms with Crippen molar-refractivity contribution in [1.82, 2.24) is 4.57 Å². The van der Waals surface area contributed by atoms with Crippen molar-refractivity contribution < 1.29 is 4.42 Å². The number of nitrogens with two attached hydrogens (primary N) is 1. The van der Waals surface area contributed by atoms with Crippen LogP contribution in [0.4, 0.5) is 0 Å². The molecular weight excluding hydrogens is 621 g/mol. The van der Waals surface area contributed by atoms with Gasteiger partial charge in [0, 0.05) is 27.1 Å². The van der Waals surface area contributed by atoms with Crippen LogP contribution < -0.4 is 16.4 Å². The summed E-state index contributed by atoms with van der Waals surface area (Å²) in [5.74, 6) is 0. The number of benzene rings is 6. The molecule has 0 radical (unpaired) electrons. The lowest BCUT2D eigenvalue weighted by molar-refractivity contribution is 0.575. The minimum absolute atomic E-state index is 0.821. The van der Waals surface area contributed by atoms with E-state index in [1.165, 1.54) is 27.4 Å². The van der Waals surface area contributed by atoms with E-state index in [2.05, 4.69) is 150 Å². The highest BCUT2D eigenvalue weighted by atomic mass is 16.3. The van der Waals surface area contributed by atoms with Crippen LogP contribution in [0.15, 0.2) is 199 Å². The Labute approximate surface area is 297 Å². The van der Waals surface area contributed by atoms with Gasteiger partial charge in [-0.25, -0.2) is 0 Å². The SMILES string of the molecule is N/C=C/C=C(\C=C/C=C/C=c1\c(=C/c2cccc(-c3ccc4c(c3)c3ccccc3n4-c3ccccc3)c2)oc2ccccc12)c1ccccc1. The summed E-state index contributed by atoms with van der Waals surface area (Å²) in [4.78, 5) is 0. The van der Waals surface area contributed by atoms with Crippen LogP contribution in [0, 0.1) is 0 Å². The maximum atomic E-state index is 6.43. The molecule has 6 aromatic carbocycles. The van der Waals surface area contributed by atoms with Crippen molar-refractivity contribution in [2.45, 2.75) is 0 Å². The van der Waals surface area contributed by atoms with E-state index < -0.39 is 0 Å². The van der Waals surface area contributed by atoms with E-state index in [9.17, 15) is 0 Å². The van der Waals surface area contributed by atoms with E-state index in [1.54, 1.807) is 6.20 Å². The summed E-state index contributed by atoms with van der Waals surface area (Å²) < 4.78 is 8.77. The molecule has 2 aromatic heterocycles. The normalized spacial score (nSPS) is 13.3. The minimum Gasteiger partial charge on any atom is -0.456 e. The summed E-state index contributed by atoms with van der Waals surface area (Å²) in [5, 5.41) is 4.59. The van der Waals surface area contributed by atoms with Crippen LogP contribution in [0.5, 0.6) is 0 Å². The Kier molecular flexibility index (Phi) is 8.83. The zero-order valence-corrected chi connectivity index (χ0v) is 28.1. The standard InChI is InChI=1S/C48H36N2O/c49-31-15-21-37(36-17-4-1-5-18-36)19-6-2-9-25-43-42-26-11-13-28-47(42)51-48(43)33-35-16-14-20-38(32-35)39-29-30-46-44(34-39)41-24-10-12-27-45(41)50(46)40-22-7-3-8-23-40/h1-34H,49H2/b9-2+,19-6-,31-15+,37-21+,43-25-,48-33+. The number of hydrogen-bond donors (Lipinski definition) is 1. The molecule has 2 N–H and O–H groups in total. The summed E-state index contributed by atoms with van der Waals surface area (Å²) in [6.45, 7) is 0. The molecule has 0 fully saturated rings. The average molecular weight is 657 g/mol. The Morgan fingerprint density at radius 3 is 2.14 bits per heavy atom. The Morgan fingerprint density at radius 2 is 1.29 bits per heavy atom. The van der Waals surface area contributed by atoms with E-state index in [0.29, 0.717) is 0 Å². The monoisotopic (exact) mass is 656 g/mol. The minimum atomic E-state index is 0.821. The smallest absolute Gasteiger partial charge is 0.136 e. The highest BCUT2D eigenvalue weighted by molar-refractivity contribution is 6.10. The van der Waals surface area contributed by atoms with Crippen molar-refractivity contribution in [2.75, 3.05) is 0 Å². The second kappa shape index (κ2) is 14.3. The van der Waals surface area contributed by atoms with E-state index in [1.807, 2.05) is 54.6 Å². The molecule has 0 unspecified atom stereocenters. The molecule has 244 valence electrons. The third-order valence-electron chi connectivity index (χ3n) is 9.12. The lowest BCUT2D eigenvalue weighted by Crippen LogP contribution is -2.19. The molecule has 0 amide bonds. The van der Waals surface area contributed by atoms with Crippen molar-refractivity contribution in [1.29, 1.82) is 0 Å². The van der Waals surface area contributed by atoms with Crippen LogP contribution in [0.2, 0.25) is 0 Å². The van der Waals surface area contributed by atoms with E-state index in [4.69, 9.17) is 10.2 Å². The molecule has 0 bridgehead atoms. The van der Waals surface area contributed by atoms with Crippen LogP contribution in [-0.2, 0) is 0 Å². The van der Waals surface area contributed by atoms with Crippen molar-refractivity contribution in [3.8, 4) is 16.8 Å². The van der Waals surface area contributed by atoms with Crippen LogP contribution in [0.1, 0.15) is 11.1 Å². The lowest BCUT2D eigenvalue weighted by atomic mass is 10.0. The van der Waals surface area contributed by atoms with E-state index in [0.717, 1.165) is 49.6 Å². The third-order valence-corrected chi connectivity index (χ3v) is 9.12. The van der Waals surface area contributed by atoms with Gasteiger partial charge in [0.2, 0.25) is 0 Å². The van der Waals surface area contributed by atoms with Gasteiger partial charge < -0.3 is 14.7 Å². The van der Waals surface area contributed by atoms with E-state index in [-0.39, 0.29) is 0 Å². The first-order chi connectivity index (χ1) is 25.3. The first-order valence-corrected chi connectivity index (χ1v) is 17.1. The number of fused-ring (bicyclic) bond motifs is 4. The van der Waals surface area contributed by atoms with Crippen LogP contribution in [0.3, 0.4) is 0 Å². The molecule has 51 heavy (non-hydrogen) atoms. The fourth-order valence-electron chi connectivity index (χ4n) is 6.74. The second-order valence-electron chi connectivity index (χ2n) is 12.3. The Balaban J connectivity index is 1.16. The third kappa shape index (κ3) is 6.49. The Morgan fingerprint density at radius 1 is 0.569 bits per heavy atom. The van der Waals surface area contributed by atoms with Crippen molar-refractivity contribution in [3.63, 3.8) is 0 Å². The Bertz CT molecular complexity index is 2740. The molecule has 0 aliphatic carbocycles. The Hall–Kier alpha value is -6.84. The van der Waals surface area contributed by atoms with Crippen molar-refractivity contribution >= 4 is 50.5 Å². The largest absolute Gasteiger partial charge is 0.456 e. The maximum absolute atomic E-state index is 6.43. The molecule has 3 heteroatoms. The first-order valence-electron chi connectivity index (χ1n) is 17.1. The number of nitrogens with zero attached hydrogens (tertiary/aromatic N) is 1. The van der Waals surface area contributed by atoms with Gasteiger partial charge in [0.15, 0.2) is 0 Å². The van der Waals surface area contributed by atoms with Gasteiger partial charge in [-0.1, -0.05) is 146 Å². The number of aromatic nitrogens is 1. The van der Waals surface area contributed by atoms with Gasteiger partial charge in [-0.05, 0) is 88.6 Å². The quantitative estimate of drug-likeness (QED) is 0.165. The van der Waals surface area contributed by atoms with Gasteiger partial charge >= 0.3 is 0 Å². The van der Waals surface area contributed by atoms with E-state index >= 15 is 0 Å². The number of hydrogen-bond acceptors (Lipinski definition) is 2. The molecule has 0 aliphatic rings. The summed E-state index contributed by atoms with van der Waals surface area (Å²) >= 11 is 0. The van der Waals surface area contributed by atoms with Crippen LogP contribution in [0.25, 0.3) is 67.3 Å². The maximum Gasteiger partial charge on any atom is 0.136 e. The molecule has 0 spiro atoms. The highest BCUT2D eigenvalue weighted by Gasteiger charge is 2.13. The predicted molar refractivity (Wildman–Crippen MR) is 216 cm³/mol. The number of allylic oxidation sites excluding steroid dienone is 7. The molecule has 2 heterocycles. The van der Waals surface area contributed by atoms with Crippen molar-refractivity contribution in [3.05, 3.63) is 216 Å². The molecular formula is C48H36N2O. The molecule has 8 rings (SSSR count). The van der Waals surface area contributed by atoms with Gasteiger partial charge in [-0.3, -0.25) is 0 Å². The second-order valence-corrected chi connectivity index (χ2v) is 12.3. The summed E-state index contributed by atoms with van der Waals surface area (Å²) in [7, 11) is 0. The molecule has 0 saturated heterocycles. The van der Waals surface area contributed by atoms with Crippen LogP contribution in [-0.4, -0.2) is 4.57 Å². The van der Waals surface area contributed by atoms with Crippen LogP contribution >= 0.6 is 0 Å². The topological polar surface area (TPSA) is 44.1 Å². The first kappa shape index (κ1) is 31.4. The summed E-state index contributed by atoms with van der Waals surface area (Å²) in [6.07, 6.45) is 17.9. The molecule has 0 saturated carbocycles. The average Bonchev–Trinajstić information content (AvgIpc) is 3.71. The fourth-order valence-corrected chi connectivity index (χ4v) is 6.74. The fraction of sp³-hybridized carbons (Fsp3) is 0. The van der Waals surface area contributed by atoms with Gasteiger partial charge in [-0.15, -0.1) is 0 Å². The molecule has 0 atom stereocenters. The molecule has 3 nitrogen and oxygen atoms in total. The lowest BCUT2D eigenvalue weighted by Gasteiger charge is -2.08. The number of para-hydroxylation sites is 3. The molecule has 0 aliphatic heterocycles. The van der Waals surface area contributed by atoms with Gasteiger partial charge in [0.1, 0.15) is 11.0 Å². The number of furan rings is 1. The zero-order valence-electron chi connectivity index (χ0n) is 28.1. The summed E-state index contributed by atoms with van der Waals surface area (Å²) in [6, 6.07) is 53.1. The number of rotatable bonds is 8. The predicted octanol–water partition coefficient (Wildman–Crippen LogP) is 10.5. The van der Waals surface area contributed by atoms with Gasteiger partial charge in [-0.2, -0.15) is 0 Å².